The molecule has 1 radical (unpaired) electrons. The molecule has 0 saturated heterocycles. The van der Waals surface area contributed by atoms with Crippen molar-refractivity contribution < 1.29 is 0 Å². The fourth-order valence-electron chi connectivity index (χ4n) is 1.85. The molecule has 1 heterocycles. The lowest BCUT2D eigenvalue weighted by Crippen LogP contribution is -1.89. The van der Waals surface area contributed by atoms with Crippen molar-refractivity contribution in [2.45, 2.75) is 0 Å². The number of nitrogens with zero attached hydrogens (tertiary/aromatic N) is 2. The van der Waals surface area contributed by atoms with E-state index in [0.29, 0.717) is 0 Å². The lowest BCUT2D eigenvalue weighted by atomic mass is 10.0. The van der Waals surface area contributed by atoms with E-state index in [9.17, 15) is 0 Å². The Hall–Kier alpha value is -2.22. The van der Waals surface area contributed by atoms with Gasteiger partial charge in [0, 0.05) is 25.0 Å². The number of hydrogen-bond donors (Lipinski definition) is 0. The van der Waals surface area contributed by atoms with Crippen molar-refractivity contribution in [3.05, 3.63) is 78.7 Å². The molecule has 0 amide bonds. The molecule has 0 aliphatic carbocycles. The van der Waals surface area contributed by atoms with Crippen molar-refractivity contribution in [2.24, 2.45) is 0 Å². The van der Waals surface area contributed by atoms with E-state index in [-0.39, 0.29) is 0 Å². The zero-order chi connectivity index (χ0) is 11.5. The minimum absolute atomic E-state index is 0.878. The summed E-state index contributed by atoms with van der Waals surface area (Å²) in [5, 5.41) is 2.49. The van der Waals surface area contributed by atoms with Gasteiger partial charge in [-0.25, -0.2) is 0 Å². The van der Waals surface area contributed by atoms with Crippen LogP contribution in [0.5, 0.6) is 0 Å². The lowest BCUT2D eigenvalue weighted by molar-refractivity contribution is 1.13. The van der Waals surface area contributed by atoms with Crippen molar-refractivity contribution in [1.82, 2.24) is 9.97 Å². The maximum Gasteiger partial charge on any atom is 0.0671 e. The molecule has 0 N–H and O–H groups in total. The summed E-state index contributed by atoms with van der Waals surface area (Å²) >= 11 is 0. The Labute approximate surface area is 100.0 Å². The van der Waals surface area contributed by atoms with E-state index in [2.05, 4.69) is 46.4 Å². The standard InChI is InChI=1S/C15H11N2/c1-2-4-14-9-12(5-6-13(14)3-1)10-15-11-16-7-8-17-15/h1-11H. The Morgan fingerprint density at radius 1 is 0.882 bits per heavy atom. The highest BCUT2D eigenvalue weighted by Crippen LogP contribution is 2.18. The van der Waals surface area contributed by atoms with Crippen molar-refractivity contribution in [2.75, 3.05) is 0 Å². The quantitative estimate of drug-likeness (QED) is 0.661. The fraction of sp³-hybridized carbons (Fsp3) is 0. The van der Waals surface area contributed by atoms with Crippen LogP contribution in [0, 0.1) is 6.42 Å². The smallest absolute Gasteiger partial charge is 0.0671 e. The van der Waals surface area contributed by atoms with Gasteiger partial charge >= 0.3 is 0 Å². The SMILES string of the molecule is [CH](c1ccc2ccccc2c1)c1cnccn1. The minimum atomic E-state index is 0.878. The highest BCUT2D eigenvalue weighted by Gasteiger charge is 1.99. The first-order valence-electron chi connectivity index (χ1n) is 5.51. The molecule has 2 nitrogen and oxygen atoms in total. The molecule has 2 heteroatoms. The van der Waals surface area contributed by atoms with E-state index in [1.165, 1.54) is 10.8 Å². The number of aromatic nitrogens is 2. The Morgan fingerprint density at radius 2 is 1.76 bits per heavy atom. The first kappa shape index (κ1) is 9.97. The van der Waals surface area contributed by atoms with Gasteiger partial charge in [-0.2, -0.15) is 0 Å². The maximum absolute atomic E-state index is 4.24. The lowest BCUT2D eigenvalue weighted by Gasteiger charge is -2.02. The zero-order valence-corrected chi connectivity index (χ0v) is 9.25. The Bertz CT molecular complexity index is 633. The third-order valence-electron chi connectivity index (χ3n) is 2.67. The van der Waals surface area contributed by atoms with Gasteiger partial charge in [-0.05, 0) is 16.3 Å². The number of benzene rings is 2. The molecule has 0 fully saturated rings. The van der Waals surface area contributed by atoms with Gasteiger partial charge in [-0.3, -0.25) is 9.97 Å². The molecule has 0 unspecified atom stereocenters. The molecule has 0 aliphatic rings. The second-order valence-electron chi connectivity index (χ2n) is 3.88. The second kappa shape index (κ2) is 4.34. The average molecular weight is 219 g/mol. The summed E-state index contributed by atoms with van der Waals surface area (Å²) in [7, 11) is 0. The van der Waals surface area contributed by atoms with Gasteiger partial charge in [0.25, 0.3) is 0 Å². The third-order valence-corrected chi connectivity index (χ3v) is 2.67. The van der Waals surface area contributed by atoms with Crippen LogP contribution in [-0.2, 0) is 0 Å². The molecule has 17 heavy (non-hydrogen) atoms. The van der Waals surface area contributed by atoms with Gasteiger partial charge in [0.15, 0.2) is 0 Å². The summed E-state index contributed by atoms with van der Waals surface area (Å²) in [5.74, 6) is 0. The number of rotatable bonds is 2. The first-order chi connectivity index (χ1) is 8.42. The molecular weight excluding hydrogens is 208 g/mol. The molecule has 0 atom stereocenters. The van der Waals surface area contributed by atoms with Crippen LogP contribution < -0.4 is 0 Å². The van der Waals surface area contributed by atoms with Crippen molar-refractivity contribution >= 4 is 10.8 Å². The van der Waals surface area contributed by atoms with E-state index >= 15 is 0 Å². The molecule has 1 aromatic heterocycles. The van der Waals surface area contributed by atoms with Crippen molar-refractivity contribution in [3.8, 4) is 0 Å². The number of hydrogen-bond acceptors (Lipinski definition) is 2. The summed E-state index contributed by atoms with van der Waals surface area (Å²) < 4.78 is 0. The van der Waals surface area contributed by atoms with Crippen LogP contribution in [0.3, 0.4) is 0 Å². The van der Waals surface area contributed by atoms with Gasteiger partial charge in [0.2, 0.25) is 0 Å². The Balaban J connectivity index is 1.96. The van der Waals surface area contributed by atoms with Crippen LogP contribution >= 0.6 is 0 Å². The van der Waals surface area contributed by atoms with Crippen LogP contribution in [0.2, 0.25) is 0 Å². The zero-order valence-electron chi connectivity index (χ0n) is 9.25. The first-order valence-corrected chi connectivity index (χ1v) is 5.51. The Morgan fingerprint density at radius 3 is 2.59 bits per heavy atom. The second-order valence-corrected chi connectivity index (χ2v) is 3.88. The monoisotopic (exact) mass is 219 g/mol. The normalized spacial score (nSPS) is 10.6. The van der Waals surface area contributed by atoms with Crippen molar-refractivity contribution in [3.63, 3.8) is 0 Å². The minimum Gasteiger partial charge on any atom is -0.261 e. The van der Waals surface area contributed by atoms with E-state index in [1.807, 2.05) is 12.5 Å². The van der Waals surface area contributed by atoms with Gasteiger partial charge in [0.1, 0.15) is 0 Å². The highest BCUT2D eigenvalue weighted by atomic mass is 14.8. The summed E-state index contributed by atoms with van der Waals surface area (Å²) in [4.78, 5) is 8.29. The summed E-state index contributed by atoms with van der Waals surface area (Å²) in [5.41, 5.74) is 2.02. The van der Waals surface area contributed by atoms with Crippen LogP contribution in [-0.4, -0.2) is 9.97 Å². The topological polar surface area (TPSA) is 25.8 Å². The van der Waals surface area contributed by atoms with Gasteiger partial charge in [0.05, 0.1) is 5.69 Å². The van der Waals surface area contributed by atoms with Crippen molar-refractivity contribution in [1.29, 1.82) is 0 Å². The summed E-state index contributed by atoms with van der Waals surface area (Å²) in [6.07, 6.45) is 7.17. The predicted octanol–water partition coefficient (Wildman–Crippen LogP) is 3.23. The molecule has 0 spiro atoms. The van der Waals surface area contributed by atoms with E-state index in [0.717, 1.165) is 11.3 Å². The largest absolute Gasteiger partial charge is 0.261 e. The highest BCUT2D eigenvalue weighted by molar-refractivity contribution is 5.83. The molecule has 81 valence electrons. The third kappa shape index (κ3) is 2.16. The van der Waals surface area contributed by atoms with Crippen LogP contribution in [0.15, 0.2) is 61.1 Å². The summed E-state index contributed by atoms with van der Waals surface area (Å²) in [6.45, 7) is 0. The fourth-order valence-corrected chi connectivity index (χ4v) is 1.85. The average Bonchev–Trinajstić information content (AvgIpc) is 2.40. The molecule has 3 aromatic rings. The summed E-state index contributed by atoms with van der Waals surface area (Å²) in [6, 6.07) is 14.7. The van der Waals surface area contributed by atoms with E-state index in [1.54, 1.807) is 18.6 Å². The van der Waals surface area contributed by atoms with Crippen LogP contribution in [0.25, 0.3) is 10.8 Å². The maximum atomic E-state index is 4.24. The van der Waals surface area contributed by atoms with Crippen LogP contribution in [0.4, 0.5) is 0 Å². The van der Waals surface area contributed by atoms with Crippen LogP contribution in [0.1, 0.15) is 11.3 Å². The number of fused-ring (bicyclic) bond motifs is 1. The molecular formula is C15H11N2. The predicted molar refractivity (Wildman–Crippen MR) is 68.5 cm³/mol. The molecule has 2 aromatic carbocycles. The molecule has 0 saturated carbocycles. The van der Waals surface area contributed by atoms with Gasteiger partial charge in [-0.1, -0.05) is 42.5 Å². The van der Waals surface area contributed by atoms with E-state index < -0.39 is 0 Å². The molecule has 3 rings (SSSR count). The molecule has 0 bridgehead atoms. The van der Waals surface area contributed by atoms with Gasteiger partial charge in [-0.15, -0.1) is 0 Å². The Kier molecular flexibility index (Phi) is 2.54. The van der Waals surface area contributed by atoms with E-state index in [4.69, 9.17) is 0 Å². The molecule has 0 aliphatic heterocycles. The van der Waals surface area contributed by atoms with Gasteiger partial charge < -0.3 is 0 Å².